The number of hydrogen-bond donors (Lipinski definition) is 2. The number of carbonyl (C=O) groups excluding carboxylic acids is 3. The first-order chi connectivity index (χ1) is 21.1. The maximum absolute atomic E-state index is 13.8. The molecule has 2 saturated heterocycles. The molecule has 0 aliphatic carbocycles. The van der Waals surface area contributed by atoms with E-state index in [0.29, 0.717) is 39.3 Å². The van der Waals surface area contributed by atoms with Crippen LogP contribution in [0, 0.1) is 0 Å². The van der Waals surface area contributed by atoms with Crippen LogP contribution in [-0.2, 0) is 27.2 Å². The molecular formula is C34H49N5O6. The van der Waals surface area contributed by atoms with E-state index >= 15 is 0 Å². The molecule has 11 nitrogen and oxygen atoms in total. The van der Waals surface area contributed by atoms with Gasteiger partial charge in [0, 0.05) is 57.5 Å². The molecule has 3 amide bonds. The summed E-state index contributed by atoms with van der Waals surface area (Å²) in [4.78, 5) is 46.4. The Kier molecular flexibility index (Phi) is 10.7. The van der Waals surface area contributed by atoms with Gasteiger partial charge in [0.2, 0.25) is 5.91 Å². The van der Waals surface area contributed by atoms with Gasteiger partial charge in [-0.05, 0) is 71.2 Å². The van der Waals surface area contributed by atoms with Gasteiger partial charge in [-0.25, -0.2) is 9.59 Å². The Labute approximate surface area is 266 Å². The molecule has 2 aromatic rings. The topological polar surface area (TPSA) is 129 Å². The summed E-state index contributed by atoms with van der Waals surface area (Å²) in [6.07, 6.45) is -2.00. The monoisotopic (exact) mass is 623 g/mol. The zero-order chi connectivity index (χ0) is 32.9. The Hall–Kier alpha value is -3.83. The number of amides is 3. The molecule has 0 spiro atoms. The first-order valence-corrected chi connectivity index (χ1v) is 15.7. The van der Waals surface area contributed by atoms with Crippen LogP contribution in [0.4, 0.5) is 15.3 Å². The molecule has 2 aromatic carbocycles. The molecule has 2 aliphatic heterocycles. The summed E-state index contributed by atoms with van der Waals surface area (Å²) in [5.74, 6) is -0.365. The summed E-state index contributed by atoms with van der Waals surface area (Å²) < 4.78 is 11.1. The molecule has 0 aromatic heterocycles. The van der Waals surface area contributed by atoms with Crippen LogP contribution in [0.1, 0.15) is 52.7 Å². The lowest BCUT2D eigenvalue weighted by atomic mass is 9.93. The van der Waals surface area contributed by atoms with Gasteiger partial charge in [-0.15, -0.1) is 0 Å². The van der Waals surface area contributed by atoms with E-state index in [1.54, 1.807) is 30.6 Å². The summed E-state index contributed by atoms with van der Waals surface area (Å²) in [6, 6.07) is 15.5. The van der Waals surface area contributed by atoms with Gasteiger partial charge in [-0.2, -0.15) is 0 Å². The third-order valence-electron chi connectivity index (χ3n) is 7.80. The van der Waals surface area contributed by atoms with Crippen molar-refractivity contribution in [3.8, 4) is 0 Å². The zero-order valence-electron chi connectivity index (χ0n) is 27.4. The molecule has 2 fully saturated rings. The Bertz CT molecular complexity index is 1320. The number of aliphatic hydroxyl groups is 1. The number of aliphatic hydroxyl groups excluding tert-OH is 1. The number of ether oxygens (including phenoxy) is 2. The fourth-order valence-electron chi connectivity index (χ4n) is 5.60. The highest BCUT2D eigenvalue weighted by molar-refractivity contribution is 5.87. The third-order valence-corrected chi connectivity index (χ3v) is 7.80. The minimum absolute atomic E-state index is 0.215. The van der Waals surface area contributed by atoms with Crippen molar-refractivity contribution in [3.63, 3.8) is 0 Å². The smallest absolute Gasteiger partial charge is 0.411 e. The predicted octanol–water partition coefficient (Wildman–Crippen LogP) is 3.62. The number of benzene rings is 2. The van der Waals surface area contributed by atoms with Gasteiger partial charge in [0.15, 0.2) is 0 Å². The van der Waals surface area contributed by atoms with Crippen molar-refractivity contribution in [1.82, 2.24) is 14.7 Å². The van der Waals surface area contributed by atoms with Crippen molar-refractivity contribution >= 4 is 23.8 Å². The summed E-state index contributed by atoms with van der Waals surface area (Å²) in [5, 5.41) is 11.6. The third kappa shape index (κ3) is 9.34. The fourth-order valence-corrected chi connectivity index (χ4v) is 5.60. The Morgan fingerprint density at radius 3 is 2.07 bits per heavy atom. The molecule has 2 heterocycles. The molecule has 11 heteroatoms. The molecule has 3 atom stereocenters. The van der Waals surface area contributed by atoms with Crippen LogP contribution in [-0.4, -0.2) is 107 Å². The number of hydrogen-bond acceptors (Lipinski definition) is 8. The lowest BCUT2D eigenvalue weighted by Gasteiger charge is -2.43. The van der Waals surface area contributed by atoms with Gasteiger partial charge >= 0.3 is 12.2 Å². The summed E-state index contributed by atoms with van der Waals surface area (Å²) >= 11 is 0. The number of nitrogens with zero attached hydrogens (tertiary/aromatic N) is 4. The Morgan fingerprint density at radius 2 is 1.44 bits per heavy atom. The molecule has 0 bridgehead atoms. The van der Waals surface area contributed by atoms with Crippen molar-refractivity contribution in [2.45, 2.75) is 83.9 Å². The van der Waals surface area contributed by atoms with Gasteiger partial charge in [-0.1, -0.05) is 42.5 Å². The summed E-state index contributed by atoms with van der Waals surface area (Å²) in [6.45, 7) is 14.1. The minimum atomic E-state index is -1.33. The molecule has 4 rings (SSSR count). The number of piperazine rings is 2. The number of rotatable bonds is 7. The van der Waals surface area contributed by atoms with E-state index in [9.17, 15) is 19.5 Å². The first-order valence-electron chi connectivity index (χ1n) is 15.7. The van der Waals surface area contributed by atoms with E-state index in [-0.39, 0.29) is 25.0 Å². The maximum atomic E-state index is 13.8. The highest BCUT2D eigenvalue weighted by Gasteiger charge is 2.45. The Balaban J connectivity index is 1.45. The van der Waals surface area contributed by atoms with Gasteiger partial charge in [0.25, 0.3) is 0 Å². The second-order valence-electron chi connectivity index (χ2n) is 13.8. The molecule has 246 valence electrons. The van der Waals surface area contributed by atoms with E-state index in [1.165, 1.54) is 4.90 Å². The molecule has 45 heavy (non-hydrogen) atoms. The average molecular weight is 624 g/mol. The van der Waals surface area contributed by atoms with Crippen molar-refractivity contribution in [2.24, 2.45) is 5.73 Å². The van der Waals surface area contributed by atoms with Crippen LogP contribution in [0.25, 0.3) is 0 Å². The van der Waals surface area contributed by atoms with E-state index < -0.39 is 35.5 Å². The number of nitrogens with two attached hydrogens (primary N) is 1. The Morgan fingerprint density at radius 1 is 0.844 bits per heavy atom. The summed E-state index contributed by atoms with van der Waals surface area (Å²) in [7, 11) is 0. The quantitative estimate of drug-likeness (QED) is 0.479. The molecule has 3 N–H and O–H groups in total. The van der Waals surface area contributed by atoms with Crippen LogP contribution in [0.2, 0.25) is 0 Å². The van der Waals surface area contributed by atoms with Gasteiger partial charge < -0.3 is 35.0 Å². The fraction of sp³-hybridized carbons (Fsp3) is 0.559. The van der Waals surface area contributed by atoms with Crippen LogP contribution in [0.5, 0.6) is 0 Å². The first kappa shape index (κ1) is 34.1. The molecular weight excluding hydrogens is 574 g/mol. The van der Waals surface area contributed by atoms with Crippen molar-refractivity contribution in [2.75, 3.05) is 44.2 Å². The predicted molar refractivity (Wildman–Crippen MR) is 173 cm³/mol. The SMILES string of the molecule is CC(C)(C)OC(=O)N1CCN(c2cccc(C[C@H](N)[C@H](O)[C@H]3C(=O)N(Cc4ccccc4)CCN3C(=O)OC(C)(C)C)c2)CC1. The van der Waals surface area contributed by atoms with E-state index in [2.05, 4.69) is 4.90 Å². The lowest BCUT2D eigenvalue weighted by Crippen LogP contribution is -2.65. The number of carbonyl (C=O) groups is 3. The average Bonchev–Trinajstić information content (AvgIpc) is 2.96. The van der Waals surface area contributed by atoms with E-state index in [4.69, 9.17) is 15.2 Å². The molecule has 2 aliphatic rings. The normalized spacial score (nSPS) is 19.3. The van der Waals surface area contributed by atoms with Crippen LogP contribution < -0.4 is 10.6 Å². The van der Waals surface area contributed by atoms with E-state index in [1.807, 2.05) is 75.4 Å². The molecule has 0 saturated carbocycles. The zero-order valence-corrected chi connectivity index (χ0v) is 27.4. The number of anilines is 1. The highest BCUT2D eigenvalue weighted by atomic mass is 16.6. The molecule has 0 radical (unpaired) electrons. The van der Waals surface area contributed by atoms with Gasteiger partial charge in [0.1, 0.15) is 17.2 Å². The highest BCUT2D eigenvalue weighted by Crippen LogP contribution is 2.25. The van der Waals surface area contributed by atoms with Gasteiger partial charge in [0.05, 0.1) is 6.10 Å². The van der Waals surface area contributed by atoms with Crippen molar-refractivity contribution in [1.29, 1.82) is 0 Å². The second kappa shape index (κ2) is 14.1. The molecule has 0 unspecified atom stereocenters. The second-order valence-corrected chi connectivity index (χ2v) is 13.8. The van der Waals surface area contributed by atoms with Crippen molar-refractivity contribution < 1.29 is 29.0 Å². The lowest BCUT2D eigenvalue weighted by molar-refractivity contribution is -0.148. The van der Waals surface area contributed by atoms with Crippen LogP contribution in [0.3, 0.4) is 0 Å². The van der Waals surface area contributed by atoms with Crippen molar-refractivity contribution in [3.05, 3.63) is 65.7 Å². The largest absolute Gasteiger partial charge is 0.444 e. The van der Waals surface area contributed by atoms with Gasteiger partial charge in [-0.3, -0.25) is 9.69 Å². The van der Waals surface area contributed by atoms with Crippen LogP contribution in [0.15, 0.2) is 54.6 Å². The van der Waals surface area contributed by atoms with Crippen LogP contribution >= 0.6 is 0 Å². The minimum Gasteiger partial charge on any atom is -0.444 e. The standard InChI is InChI=1S/C34H49N5O6/c1-33(2,3)44-31(42)37-17-15-36(16-18-37)26-14-10-13-25(21-26)22-27(35)29(40)28-30(41)38(23-24-11-8-7-9-12-24)19-20-39(28)32(43)45-34(4,5)6/h7-14,21,27-29,40H,15-20,22-23,35H2,1-6H3/t27-,28-,29-/m0/s1. The maximum Gasteiger partial charge on any atom is 0.411 e. The van der Waals surface area contributed by atoms with E-state index in [0.717, 1.165) is 16.8 Å². The summed E-state index contributed by atoms with van der Waals surface area (Å²) in [5.41, 5.74) is 8.11.